The Morgan fingerprint density at radius 3 is 2.27 bits per heavy atom. The second kappa shape index (κ2) is 3.12. The summed E-state index contributed by atoms with van der Waals surface area (Å²) in [5.41, 5.74) is 4.92. The molecular weight excluding hydrogens is 227 g/mol. The Bertz CT molecular complexity index is 377. The molecule has 15 heavy (non-hydrogen) atoms. The highest BCUT2D eigenvalue weighted by Crippen LogP contribution is 2.50. The first-order chi connectivity index (χ1) is 6.81. The first kappa shape index (κ1) is 10.8. The van der Waals surface area contributed by atoms with E-state index in [0.717, 1.165) is 12.1 Å². The molecule has 0 heterocycles. The van der Waals surface area contributed by atoms with Crippen molar-refractivity contribution >= 4 is 11.6 Å². The second-order valence-corrected chi connectivity index (χ2v) is 4.46. The van der Waals surface area contributed by atoms with Crippen molar-refractivity contribution in [2.24, 2.45) is 5.73 Å². The Labute approximate surface area is 90.0 Å². The highest BCUT2D eigenvalue weighted by atomic mass is 35.5. The Morgan fingerprint density at radius 2 is 1.80 bits per heavy atom. The Morgan fingerprint density at radius 1 is 1.20 bits per heavy atom. The van der Waals surface area contributed by atoms with E-state index in [1.807, 2.05) is 0 Å². The molecule has 0 aromatic heterocycles. The van der Waals surface area contributed by atoms with Gasteiger partial charge in [-0.15, -0.1) is 0 Å². The van der Waals surface area contributed by atoms with Gasteiger partial charge in [-0.2, -0.15) is 0 Å². The van der Waals surface area contributed by atoms with E-state index in [-0.39, 0.29) is 5.02 Å². The molecule has 0 radical (unpaired) electrons. The summed E-state index contributed by atoms with van der Waals surface area (Å²) in [5.74, 6) is -3.30. The fourth-order valence-corrected chi connectivity index (χ4v) is 2.14. The van der Waals surface area contributed by atoms with E-state index in [9.17, 15) is 13.2 Å². The molecule has 1 aliphatic carbocycles. The van der Waals surface area contributed by atoms with Crippen molar-refractivity contribution < 1.29 is 13.2 Å². The van der Waals surface area contributed by atoms with Crippen LogP contribution >= 0.6 is 11.6 Å². The molecule has 2 rings (SSSR count). The van der Waals surface area contributed by atoms with Crippen molar-refractivity contribution in [2.45, 2.75) is 24.3 Å². The van der Waals surface area contributed by atoms with Crippen LogP contribution in [0.2, 0.25) is 5.02 Å². The molecule has 1 saturated carbocycles. The van der Waals surface area contributed by atoms with E-state index < -0.39 is 30.1 Å². The quantitative estimate of drug-likeness (QED) is 0.796. The molecule has 1 aromatic rings. The molecule has 0 atom stereocenters. The smallest absolute Gasteiger partial charge is 0.252 e. The first-order valence-corrected chi connectivity index (χ1v) is 4.82. The number of benzene rings is 1. The molecule has 5 heteroatoms. The minimum Gasteiger partial charge on any atom is -0.321 e. The molecule has 0 unspecified atom stereocenters. The van der Waals surface area contributed by atoms with Gasteiger partial charge in [0.2, 0.25) is 0 Å². The van der Waals surface area contributed by atoms with Gasteiger partial charge in [0.15, 0.2) is 0 Å². The van der Waals surface area contributed by atoms with Crippen LogP contribution in [-0.2, 0) is 5.54 Å². The molecule has 1 fully saturated rings. The maximum Gasteiger partial charge on any atom is 0.252 e. The Balaban J connectivity index is 2.31. The largest absolute Gasteiger partial charge is 0.321 e. The average molecular weight is 236 g/mol. The molecule has 0 aliphatic heterocycles. The maximum absolute atomic E-state index is 13.0. The standard InChI is InChI=1S/C10H9ClF3N/c11-7-1-6(2-8(12)3-7)9(15)4-10(13,14)5-9/h1-3H,4-5,15H2. The van der Waals surface area contributed by atoms with Gasteiger partial charge in [-0.3, -0.25) is 0 Å². The van der Waals surface area contributed by atoms with Gasteiger partial charge in [-0.05, 0) is 23.8 Å². The minimum atomic E-state index is -2.74. The lowest BCUT2D eigenvalue weighted by Crippen LogP contribution is -2.55. The third-order valence-corrected chi connectivity index (χ3v) is 2.80. The van der Waals surface area contributed by atoms with Crippen LogP contribution < -0.4 is 5.73 Å². The van der Waals surface area contributed by atoms with Gasteiger partial charge >= 0.3 is 0 Å². The number of nitrogens with two attached hydrogens (primary N) is 1. The van der Waals surface area contributed by atoms with Gasteiger partial charge in [0.25, 0.3) is 5.92 Å². The molecular formula is C10H9ClF3N. The molecule has 0 spiro atoms. The zero-order valence-corrected chi connectivity index (χ0v) is 8.49. The summed E-state index contributed by atoms with van der Waals surface area (Å²) in [4.78, 5) is 0. The van der Waals surface area contributed by atoms with Gasteiger partial charge in [0.1, 0.15) is 5.82 Å². The molecule has 0 saturated heterocycles. The van der Waals surface area contributed by atoms with E-state index in [0.29, 0.717) is 5.56 Å². The molecule has 1 nitrogen and oxygen atoms in total. The highest BCUT2D eigenvalue weighted by molar-refractivity contribution is 6.30. The Hall–Kier alpha value is -0.740. The van der Waals surface area contributed by atoms with Crippen LogP contribution in [0, 0.1) is 5.82 Å². The van der Waals surface area contributed by atoms with E-state index in [4.69, 9.17) is 17.3 Å². The third kappa shape index (κ3) is 1.96. The summed E-state index contributed by atoms with van der Waals surface area (Å²) >= 11 is 5.63. The topological polar surface area (TPSA) is 26.0 Å². The monoisotopic (exact) mass is 235 g/mol. The summed E-state index contributed by atoms with van der Waals surface area (Å²) in [5, 5.41) is 0.171. The molecule has 0 bridgehead atoms. The second-order valence-electron chi connectivity index (χ2n) is 4.02. The van der Waals surface area contributed by atoms with Gasteiger partial charge in [0.05, 0.1) is 5.54 Å². The van der Waals surface area contributed by atoms with E-state index >= 15 is 0 Å². The summed E-state index contributed by atoms with van der Waals surface area (Å²) in [6.07, 6.45) is -0.917. The van der Waals surface area contributed by atoms with Crippen LogP contribution in [0.1, 0.15) is 18.4 Å². The van der Waals surface area contributed by atoms with Gasteiger partial charge in [-0.1, -0.05) is 11.6 Å². The predicted octanol–water partition coefficient (Wildman–Crippen LogP) is 3.06. The molecule has 1 aromatic carbocycles. The SMILES string of the molecule is NC1(c2cc(F)cc(Cl)c2)CC(F)(F)C1. The van der Waals surface area contributed by atoms with Gasteiger partial charge in [0, 0.05) is 17.9 Å². The Kier molecular flexibility index (Phi) is 2.24. The van der Waals surface area contributed by atoms with Crippen molar-refractivity contribution in [1.29, 1.82) is 0 Å². The number of hydrogen-bond acceptors (Lipinski definition) is 1. The number of halogens is 4. The lowest BCUT2D eigenvalue weighted by Gasteiger charge is -2.44. The van der Waals surface area contributed by atoms with Crippen molar-refractivity contribution in [3.05, 3.63) is 34.6 Å². The van der Waals surface area contributed by atoms with E-state index in [2.05, 4.69) is 0 Å². The molecule has 1 aliphatic rings. The summed E-state index contributed by atoms with van der Waals surface area (Å²) in [6.45, 7) is 0. The molecule has 2 N–H and O–H groups in total. The van der Waals surface area contributed by atoms with Crippen LogP contribution in [0.4, 0.5) is 13.2 Å². The average Bonchev–Trinajstić information content (AvgIpc) is 1.98. The van der Waals surface area contributed by atoms with Gasteiger partial charge in [-0.25, -0.2) is 13.2 Å². The lowest BCUT2D eigenvalue weighted by atomic mass is 9.70. The summed E-state index contributed by atoms with van der Waals surface area (Å²) < 4.78 is 38.4. The maximum atomic E-state index is 13.0. The number of rotatable bonds is 1. The van der Waals surface area contributed by atoms with E-state index in [1.54, 1.807) is 0 Å². The molecule has 82 valence electrons. The fourth-order valence-electron chi connectivity index (χ4n) is 1.92. The van der Waals surface area contributed by atoms with Crippen molar-refractivity contribution in [3.63, 3.8) is 0 Å². The van der Waals surface area contributed by atoms with Crippen LogP contribution in [0.25, 0.3) is 0 Å². The zero-order chi connectivity index (χ0) is 11.3. The van der Waals surface area contributed by atoms with Crippen LogP contribution in [0.3, 0.4) is 0 Å². The van der Waals surface area contributed by atoms with Crippen LogP contribution in [0.15, 0.2) is 18.2 Å². The van der Waals surface area contributed by atoms with Gasteiger partial charge < -0.3 is 5.73 Å². The van der Waals surface area contributed by atoms with Crippen molar-refractivity contribution in [3.8, 4) is 0 Å². The predicted molar refractivity (Wildman–Crippen MR) is 51.5 cm³/mol. The number of hydrogen-bond donors (Lipinski definition) is 1. The summed E-state index contributed by atoms with van der Waals surface area (Å²) in [6, 6.07) is 3.70. The van der Waals surface area contributed by atoms with Crippen molar-refractivity contribution in [2.75, 3.05) is 0 Å². The third-order valence-electron chi connectivity index (χ3n) is 2.59. The van der Waals surface area contributed by atoms with Crippen molar-refractivity contribution in [1.82, 2.24) is 0 Å². The first-order valence-electron chi connectivity index (χ1n) is 4.44. The highest BCUT2D eigenvalue weighted by Gasteiger charge is 2.55. The normalized spacial score (nSPS) is 22.2. The molecule has 0 amide bonds. The van der Waals surface area contributed by atoms with E-state index in [1.165, 1.54) is 6.07 Å². The van der Waals surface area contributed by atoms with Crippen LogP contribution in [-0.4, -0.2) is 5.92 Å². The summed E-state index contributed by atoms with van der Waals surface area (Å²) in [7, 11) is 0. The van der Waals surface area contributed by atoms with Crippen LogP contribution in [0.5, 0.6) is 0 Å². The fraction of sp³-hybridized carbons (Fsp3) is 0.400. The lowest BCUT2D eigenvalue weighted by molar-refractivity contribution is -0.125. The zero-order valence-electron chi connectivity index (χ0n) is 7.74. The number of alkyl halides is 2. The minimum absolute atomic E-state index is 0.171.